The number of nitrogens with one attached hydrogen (secondary N) is 1. The first-order valence-electron chi connectivity index (χ1n) is 8.24. The van der Waals surface area contributed by atoms with Gasteiger partial charge in [-0.05, 0) is 48.5 Å². The lowest BCUT2D eigenvalue weighted by Gasteiger charge is -2.06. The molecule has 1 heterocycles. The van der Waals surface area contributed by atoms with E-state index in [1.807, 2.05) is 0 Å². The lowest BCUT2D eigenvalue weighted by Crippen LogP contribution is -2.23. The SMILES string of the molecule is CCNS(=O)(=O)c1ccc(C(=O)OCc2nc(-c3ccc(Cl)cc3)no2)cc1. The van der Waals surface area contributed by atoms with Crippen molar-refractivity contribution < 1.29 is 22.5 Å². The molecule has 0 amide bonds. The van der Waals surface area contributed by atoms with Crippen molar-refractivity contribution >= 4 is 27.6 Å². The molecule has 10 heteroatoms. The number of hydrogen-bond acceptors (Lipinski definition) is 7. The third-order valence-electron chi connectivity index (χ3n) is 3.63. The molecule has 0 aliphatic rings. The summed E-state index contributed by atoms with van der Waals surface area (Å²) in [5.74, 6) is -0.163. The second-order valence-corrected chi connectivity index (χ2v) is 7.82. The Bertz CT molecular complexity index is 1060. The molecular weight excluding hydrogens is 406 g/mol. The summed E-state index contributed by atoms with van der Waals surface area (Å²) in [6.07, 6.45) is 0. The minimum Gasteiger partial charge on any atom is -0.452 e. The largest absolute Gasteiger partial charge is 0.452 e. The maximum absolute atomic E-state index is 12.1. The second kappa shape index (κ2) is 8.51. The van der Waals surface area contributed by atoms with Gasteiger partial charge >= 0.3 is 5.97 Å². The van der Waals surface area contributed by atoms with Gasteiger partial charge in [0.05, 0.1) is 10.5 Å². The summed E-state index contributed by atoms with van der Waals surface area (Å²) in [6.45, 7) is 1.74. The molecule has 0 radical (unpaired) electrons. The van der Waals surface area contributed by atoms with Gasteiger partial charge in [-0.15, -0.1) is 0 Å². The molecule has 3 rings (SSSR count). The van der Waals surface area contributed by atoms with E-state index in [0.29, 0.717) is 16.4 Å². The van der Waals surface area contributed by atoms with Crippen molar-refractivity contribution in [2.24, 2.45) is 0 Å². The van der Waals surface area contributed by atoms with Crippen LogP contribution in [0.15, 0.2) is 57.9 Å². The molecule has 0 unspecified atom stereocenters. The number of hydrogen-bond donors (Lipinski definition) is 1. The predicted molar refractivity (Wildman–Crippen MR) is 101 cm³/mol. The lowest BCUT2D eigenvalue weighted by molar-refractivity contribution is 0.0429. The first kappa shape index (κ1) is 20.0. The fourth-order valence-corrected chi connectivity index (χ4v) is 3.45. The van der Waals surface area contributed by atoms with Gasteiger partial charge in [-0.3, -0.25) is 0 Å². The van der Waals surface area contributed by atoms with Crippen LogP contribution < -0.4 is 4.72 Å². The normalized spacial score (nSPS) is 11.4. The zero-order valence-corrected chi connectivity index (χ0v) is 16.3. The van der Waals surface area contributed by atoms with E-state index in [4.69, 9.17) is 20.9 Å². The monoisotopic (exact) mass is 421 g/mol. The quantitative estimate of drug-likeness (QED) is 0.583. The Morgan fingerprint density at radius 1 is 1.14 bits per heavy atom. The van der Waals surface area contributed by atoms with Crippen LogP contribution in [0.1, 0.15) is 23.2 Å². The van der Waals surface area contributed by atoms with Crippen molar-refractivity contribution in [3.05, 3.63) is 65.0 Å². The molecule has 8 nitrogen and oxygen atoms in total. The molecular formula is C18H16ClN3O5S. The molecule has 1 aromatic heterocycles. The molecule has 0 spiro atoms. The third-order valence-corrected chi connectivity index (χ3v) is 5.45. The highest BCUT2D eigenvalue weighted by Gasteiger charge is 2.15. The topological polar surface area (TPSA) is 111 Å². The predicted octanol–water partition coefficient (Wildman–Crippen LogP) is 3.05. The summed E-state index contributed by atoms with van der Waals surface area (Å²) < 4.78 is 36.4. The van der Waals surface area contributed by atoms with E-state index in [0.717, 1.165) is 0 Å². The van der Waals surface area contributed by atoms with Crippen LogP contribution in [0.5, 0.6) is 0 Å². The third kappa shape index (κ3) is 4.75. The zero-order chi connectivity index (χ0) is 20.1. The highest BCUT2D eigenvalue weighted by Crippen LogP contribution is 2.19. The van der Waals surface area contributed by atoms with Crippen molar-refractivity contribution in [1.29, 1.82) is 0 Å². The van der Waals surface area contributed by atoms with Gasteiger partial charge in [-0.1, -0.05) is 23.7 Å². The van der Waals surface area contributed by atoms with E-state index in [1.54, 1.807) is 31.2 Å². The van der Waals surface area contributed by atoms with Crippen LogP contribution in [0.25, 0.3) is 11.4 Å². The summed E-state index contributed by atoms with van der Waals surface area (Å²) in [6, 6.07) is 12.3. The maximum atomic E-state index is 12.1. The summed E-state index contributed by atoms with van der Waals surface area (Å²) >= 11 is 5.84. The van der Waals surface area contributed by atoms with Crippen LogP contribution in [-0.2, 0) is 21.4 Å². The van der Waals surface area contributed by atoms with E-state index in [9.17, 15) is 13.2 Å². The number of aromatic nitrogens is 2. The van der Waals surface area contributed by atoms with Crippen LogP contribution in [-0.4, -0.2) is 31.1 Å². The summed E-state index contributed by atoms with van der Waals surface area (Å²) in [5.41, 5.74) is 0.913. The van der Waals surface area contributed by atoms with Gasteiger partial charge in [0, 0.05) is 17.1 Å². The number of rotatable bonds is 7. The van der Waals surface area contributed by atoms with Gasteiger partial charge in [0.15, 0.2) is 6.61 Å². The standard InChI is InChI=1S/C18H16ClN3O5S/c1-2-20-28(24,25)15-9-5-13(6-10-15)18(23)26-11-16-21-17(22-27-16)12-3-7-14(19)8-4-12/h3-10,20H,2,11H2,1H3. The number of esters is 1. The van der Waals surface area contributed by atoms with Gasteiger partial charge in [0.25, 0.3) is 5.89 Å². The number of benzene rings is 2. The van der Waals surface area contributed by atoms with Crippen LogP contribution >= 0.6 is 11.6 Å². The minimum absolute atomic E-state index is 0.0652. The van der Waals surface area contributed by atoms with Crippen LogP contribution in [0.4, 0.5) is 0 Å². The van der Waals surface area contributed by atoms with Crippen molar-refractivity contribution in [3.63, 3.8) is 0 Å². The van der Waals surface area contributed by atoms with Gasteiger partial charge in [-0.2, -0.15) is 4.98 Å². The molecule has 0 saturated heterocycles. The minimum atomic E-state index is -3.58. The number of carbonyl (C=O) groups excluding carboxylic acids is 1. The fraction of sp³-hybridized carbons (Fsp3) is 0.167. The van der Waals surface area contributed by atoms with Crippen LogP contribution in [0.2, 0.25) is 5.02 Å². The first-order valence-corrected chi connectivity index (χ1v) is 10.1. The smallest absolute Gasteiger partial charge is 0.338 e. The van der Waals surface area contributed by atoms with E-state index < -0.39 is 16.0 Å². The molecule has 0 fully saturated rings. The number of nitrogens with zero attached hydrogens (tertiary/aromatic N) is 2. The molecule has 0 bridgehead atoms. The highest BCUT2D eigenvalue weighted by molar-refractivity contribution is 7.89. The van der Waals surface area contributed by atoms with Crippen molar-refractivity contribution in [1.82, 2.24) is 14.9 Å². The lowest BCUT2D eigenvalue weighted by atomic mass is 10.2. The second-order valence-electron chi connectivity index (χ2n) is 5.62. The number of sulfonamides is 1. The fourth-order valence-electron chi connectivity index (χ4n) is 2.28. The van der Waals surface area contributed by atoms with Crippen LogP contribution in [0.3, 0.4) is 0 Å². The molecule has 1 N–H and O–H groups in total. The van der Waals surface area contributed by atoms with Crippen molar-refractivity contribution in [3.8, 4) is 11.4 Å². The Balaban J connectivity index is 1.62. The average molecular weight is 422 g/mol. The van der Waals surface area contributed by atoms with Crippen molar-refractivity contribution in [2.75, 3.05) is 6.54 Å². The molecule has 0 atom stereocenters. The highest BCUT2D eigenvalue weighted by atomic mass is 35.5. The van der Waals surface area contributed by atoms with E-state index in [2.05, 4.69) is 14.9 Å². The Morgan fingerprint density at radius 3 is 2.46 bits per heavy atom. The van der Waals surface area contributed by atoms with E-state index in [1.165, 1.54) is 24.3 Å². The Morgan fingerprint density at radius 2 is 1.82 bits per heavy atom. The molecule has 28 heavy (non-hydrogen) atoms. The average Bonchev–Trinajstić information content (AvgIpc) is 3.16. The molecule has 3 aromatic rings. The van der Waals surface area contributed by atoms with Crippen molar-refractivity contribution in [2.45, 2.75) is 18.4 Å². The zero-order valence-electron chi connectivity index (χ0n) is 14.8. The first-order chi connectivity index (χ1) is 13.4. The van der Waals surface area contributed by atoms with Gasteiger partial charge < -0.3 is 9.26 Å². The number of halogens is 1. The van der Waals surface area contributed by atoms with Gasteiger partial charge in [0.1, 0.15) is 0 Å². The van der Waals surface area contributed by atoms with E-state index in [-0.39, 0.29) is 29.5 Å². The van der Waals surface area contributed by atoms with E-state index >= 15 is 0 Å². The van der Waals surface area contributed by atoms with Gasteiger partial charge in [0.2, 0.25) is 15.8 Å². The molecule has 0 saturated carbocycles. The van der Waals surface area contributed by atoms with Crippen LogP contribution in [0, 0.1) is 0 Å². The molecule has 146 valence electrons. The summed E-state index contributed by atoms with van der Waals surface area (Å²) in [4.78, 5) is 16.3. The Hall–Kier alpha value is -2.75. The Kier molecular flexibility index (Phi) is 6.08. The summed E-state index contributed by atoms with van der Waals surface area (Å²) in [7, 11) is -3.58. The molecule has 0 aliphatic carbocycles. The maximum Gasteiger partial charge on any atom is 0.338 e. The van der Waals surface area contributed by atoms with Gasteiger partial charge in [-0.25, -0.2) is 17.9 Å². The number of ether oxygens (including phenoxy) is 1. The molecule has 0 aliphatic heterocycles. The molecule has 2 aromatic carbocycles. The summed E-state index contributed by atoms with van der Waals surface area (Å²) in [5, 5.41) is 4.42. The Labute approximate surface area is 166 Å². The number of carbonyl (C=O) groups is 1.